The highest BCUT2D eigenvalue weighted by atomic mass is 16.5. The molecule has 0 saturated heterocycles. The molecule has 3 nitrogen and oxygen atoms in total. The minimum absolute atomic E-state index is 0.605. The van der Waals surface area contributed by atoms with Crippen molar-refractivity contribution in [3.63, 3.8) is 0 Å². The number of hydrogen-bond donors (Lipinski definition) is 1. The van der Waals surface area contributed by atoms with Gasteiger partial charge in [-0.2, -0.15) is 5.26 Å². The molecule has 0 spiro atoms. The lowest BCUT2D eigenvalue weighted by Crippen LogP contribution is -2.32. The van der Waals surface area contributed by atoms with Gasteiger partial charge in [0.05, 0.1) is 18.7 Å². The monoisotopic (exact) mass is 272 g/mol. The minimum atomic E-state index is 0.605. The Labute approximate surface area is 121 Å². The lowest BCUT2D eigenvalue weighted by atomic mass is 9.84. The first-order chi connectivity index (χ1) is 9.76. The van der Waals surface area contributed by atoms with Gasteiger partial charge in [-0.1, -0.05) is 13.3 Å². The summed E-state index contributed by atoms with van der Waals surface area (Å²) in [6, 6.07) is 8.39. The molecular formula is C17H24N2O. The molecule has 3 heteroatoms. The molecule has 0 unspecified atom stereocenters. The summed E-state index contributed by atoms with van der Waals surface area (Å²) in [5.41, 5.74) is 1.77. The van der Waals surface area contributed by atoms with Gasteiger partial charge < -0.3 is 10.1 Å². The number of methoxy groups -OCH3 is 1. The van der Waals surface area contributed by atoms with Crippen molar-refractivity contribution in [2.24, 2.45) is 5.92 Å². The molecule has 1 N–H and O–H groups in total. The highest BCUT2D eigenvalue weighted by Crippen LogP contribution is 2.27. The van der Waals surface area contributed by atoms with Gasteiger partial charge in [-0.05, 0) is 49.8 Å². The van der Waals surface area contributed by atoms with E-state index in [1.165, 1.54) is 32.1 Å². The first-order valence-electron chi connectivity index (χ1n) is 7.57. The fourth-order valence-electron chi connectivity index (χ4n) is 3.02. The zero-order valence-electron chi connectivity index (χ0n) is 12.5. The quantitative estimate of drug-likeness (QED) is 0.890. The SMILES string of the molecule is CCC1CCC(NCc2cc(C#N)ccc2OC)CC1. The Bertz CT molecular complexity index is 470. The van der Waals surface area contributed by atoms with E-state index in [0.717, 1.165) is 23.8 Å². The smallest absolute Gasteiger partial charge is 0.123 e. The average molecular weight is 272 g/mol. The van der Waals surface area contributed by atoms with E-state index in [1.807, 2.05) is 12.1 Å². The van der Waals surface area contributed by atoms with Crippen molar-refractivity contribution in [1.82, 2.24) is 5.32 Å². The molecule has 0 aliphatic heterocycles. The van der Waals surface area contributed by atoms with E-state index in [9.17, 15) is 0 Å². The zero-order chi connectivity index (χ0) is 14.4. The molecule has 1 aromatic rings. The Morgan fingerprint density at radius 1 is 1.30 bits per heavy atom. The highest BCUT2D eigenvalue weighted by molar-refractivity contribution is 5.42. The van der Waals surface area contributed by atoms with Crippen LogP contribution in [0.1, 0.15) is 50.2 Å². The van der Waals surface area contributed by atoms with Gasteiger partial charge in [0.1, 0.15) is 5.75 Å². The predicted octanol–water partition coefficient (Wildman–Crippen LogP) is 3.63. The Morgan fingerprint density at radius 3 is 2.65 bits per heavy atom. The van der Waals surface area contributed by atoms with E-state index >= 15 is 0 Å². The second kappa shape index (κ2) is 7.31. The van der Waals surface area contributed by atoms with Crippen molar-refractivity contribution >= 4 is 0 Å². The summed E-state index contributed by atoms with van der Waals surface area (Å²) in [4.78, 5) is 0. The molecule has 0 bridgehead atoms. The third-order valence-electron chi connectivity index (χ3n) is 4.41. The topological polar surface area (TPSA) is 45.0 Å². The summed E-state index contributed by atoms with van der Waals surface area (Å²) in [7, 11) is 1.68. The van der Waals surface area contributed by atoms with Crippen LogP contribution in [0.25, 0.3) is 0 Å². The third kappa shape index (κ3) is 3.74. The molecule has 1 aliphatic rings. The Balaban J connectivity index is 1.92. The molecule has 0 radical (unpaired) electrons. The van der Waals surface area contributed by atoms with Crippen LogP contribution in [-0.2, 0) is 6.54 Å². The van der Waals surface area contributed by atoms with Crippen LogP contribution in [0.5, 0.6) is 5.75 Å². The Morgan fingerprint density at radius 2 is 2.05 bits per heavy atom. The van der Waals surface area contributed by atoms with E-state index in [-0.39, 0.29) is 0 Å². The number of nitriles is 1. The van der Waals surface area contributed by atoms with Crippen LogP contribution in [0, 0.1) is 17.2 Å². The molecule has 0 amide bonds. The first-order valence-corrected chi connectivity index (χ1v) is 7.57. The fraction of sp³-hybridized carbons (Fsp3) is 0.588. The van der Waals surface area contributed by atoms with Gasteiger partial charge in [-0.15, -0.1) is 0 Å². The predicted molar refractivity (Wildman–Crippen MR) is 80.6 cm³/mol. The number of rotatable bonds is 5. The van der Waals surface area contributed by atoms with Crippen molar-refractivity contribution in [1.29, 1.82) is 5.26 Å². The van der Waals surface area contributed by atoms with Crippen molar-refractivity contribution in [3.8, 4) is 11.8 Å². The molecule has 1 aromatic carbocycles. The first kappa shape index (κ1) is 14.9. The number of nitrogens with zero attached hydrogens (tertiary/aromatic N) is 1. The number of ether oxygens (including phenoxy) is 1. The van der Waals surface area contributed by atoms with E-state index in [0.29, 0.717) is 11.6 Å². The lowest BCUT2D eigenvalue weighted by Gasteiger charge is -2.28. The van der Waals surface area contributed by atoms with E-state index < -0.39 is 0 Å². The summed E-state index contributed by atoms with van der Waals surface area (Å²) in [6.45, 7) is 3.07. The van der Waals surface area contributed by atoms with Crippen molar-refractivity contribution in [2.75, 3.05) is 7.11 Å². The maximum atomic E-state index is 8.99. The van der Waals surface area contributed by atoms with Gasteiger partial charge >= 0.3 is 0 Å². The van der Waals surface area contributed by atoms with Crippen LogP contribution in [0.4, 0.5) is 0 Å². The molecule has 0 atom stereocenters. The molecule has 2 rings (SSSR count). The molecule has 0 aromatic heterocycles. The second-order valence-corrected chi connectivity index (χ2v) is 5.65. The van der Waals surface area contributed by atoms with Crippen LogP contribution in [0.2, 0.25) is 0 Å². The molecule has 108 valence electrons. The van der Waals surface area contributed by atoms with Crippen molar-refractivity contribution in [3.05, 3.63) is 29.3 Å². The standard InChI is InChI=1S/C17H24N2O/c1-3-13-4-7-16(8-5-13)19-12-15-10-14(11-18)6-9-17(15)20-2/h6,9-10,13,16,19H,3-5,7-8,12H2,1-2H3. The Hall–Kier alpha value is -1.53. The fourth-order valence-corrected chi connectivity index (χ4v) is 3.02. The summed E-state index contributed by atoms with van der Waals surface area (Å²) >= 11 is 0. The van der Waals surface area contributed by atoms with Crippen LogP contribution < -0.4 is 10.1 Å². The lowest BCUT2D eigenvalue weighted by molar-refractivity contribution is 0.284. The van der Waals surface area contributed by atoms with Gasteiger partial charge in [0.25, 0.3) is 0 Å². The van der Waals surface area contributed by atoms with Crippen LogP contribution in [-0.4, -0.2) is 13.2 Å². The Kier molecular flexibility index (Phi) is 5.43. The maximum absolute atomic E-state index is 8.99. The van der Waals surface area contributed by atoms with E-state index in [2.05, 4.69) is 18.3 Å². The summed E-state index contributed by atoms with van der Waals surface area (Å²) in [6.07, 6.45) is 6.51. The largest absolute Gasteiger partial charge is 0.496 e. The summed E-state index contributed by atoms with van der Waals surface area (Å²) in [5, 5.41) is 12.6. The minimum Gasteiger partial charge on any atom is -0.496 e. The molecule has 1 fully saturated rings. The van der Waals surface area contributed by atoms with Gasteiger partial charge in [-0.3, -0.25) is 0 Å². The summed E-state index contributed by atoms with van der Waals surface area (Å²) in [5.74, 6) is 1.78. The van der Waals surface area contributed by atoms with Gasteiger partial charge in [-0.25, -0.2) is 0 Å². The molecular weight excluding hydrogens is 248 g/mol. The van der Waals surface area contributed by atoms with Crippen LogP contribution in [0.3, 0.4) is 0 Å². The van der Waals surface area contributed by atoms with E-state index in [4.69, 9.17) is 10.00 Å². The number of nitrogens with one attached hydrogen (secondary N) is 1. The number of hydrogen-bond acceptors (Lipinski definition) is 3. The summed E-state index contributed by atoms with van der Waals surface area (Å²) < 4.78 is 5.37. The van der Waals surface area contributed by atoms with Crippen LogP contribution in [0.15, 0.2) is 18.2 Å². The molecule has 1 saturated carbocycles. The van der Waals surface area contributed by atoms with Crippen molar-refractivity contribution < 1.29 is 4.74 Å². The van der Waals surface area contributed by atoms with Gasteiger partial charge in [0, 0.05) is 18.2 Å². The average Bonchev–Trinajstić information content (AvgIpc) is 2.53. The normalized spacial score (nSPS) is 22.2. The van der Waals surface area contributed by atoms with E-state index in [1.54, 1.807) is 13.2 Å². The highest BCUT2D eigenvalue weighted by Gasteiger charge is 2.19. The van der Waals surface area contributed by atoms with Gasteiger partial charge in [0.2, 0.25) is 0 Å². The number of benzene rings is 1. The van der Waals surface area contributed by atoms with Gasteiger partial charge in [0.15, 0.2) is 0 Å². The second-order valence-electron chi connectivity index (χ2n) is 5.65. The molecule has 0 heterocycles. The van der Waals surface area contributed by atoms with Crippen LogP contribution >= 0.6 is 0 Å². The molecule has 1 aliphatic carbocycles. The van der Waals surface area contributed by atoms with Crippen molar-refractivity contribution in [2.45, 2.75) is 51.6 Å². The maximum Gasteiger partial charge on any atom is 0.123 e. The zero-order valence-corrected chi connectivity index (χ0v) is 12.5. The molecule has 20 heavy (non-hydrogen) atoms. The third-order valence-corrected chi connectivity index (χ3v) is 4.41.